The molecule has 0 saturated heterocycles. The Labute approximate surface area is 140 Å². The van der Waals surface area contributed by atoms with Crippen LogP contribution in [0.5, 0.6) is 0 Å². The third kappa shape index (κ3) is 3.15. The summed E-state index contributed by atoms with van der Waals surface area (Å²) in [4.78, 5) is 11.6. The van der Waals surface area contributed by atoms with Crippen LogP contribution in [0.1, 0.15) is 17.0 Å². The fraction of sp³-hybridized carbons (Fsp3) is 0.235. The number of carbonyl (C=O) groups excluding carboxylic acids is 1. The Morgan fingerprint density at radius 2 is 1.59 bits per heavy atom. The molecular weight excluding hydrogens is 344 g/mol. The number of benzene rings is 2. The molecule has 4 nitrogen and oxygen atoms in total. The number of nitrogens with one attached hydrogen (secondary N) is 1. The van der Waals surface area contributed by atoms with Gasteiger partial charge in [-0.3, -0.25) is 0 Å². The lowest BCUT2D eigenvalue weighted by Gasteiger charge is -2.14. The number of alkyl carbamates (subject to hydrolysis) is 1. The average molecular weight is 363 g/mol. The molecule has 1 aliphatic rings. The van der Waals surface area contributed by atoms with Crippen molar-refractivity contribution in [3.8, 4) is 11.1 Å². The summed E-state index contributed by atoms with van der Waals surface area (Å²) in [6.07, 6.45) is -0.415. The quantitative estimate of drug-likeness (QED) is 0.878. The molecule has 0 bridgehead atoms. The summed E-state index contributed by atoms with van der Waals surface area (Å²) in [7, 11) is 0. The molecule has 1 amide bonds. The highest BCUT2D eigenvalue weighted by Gasteiger charge is 2.28. The first-order chi connectivity index (χ1) is 10.3. The van der Waals surface area contributed by atoms with E-state index in [1.54, 1.807) is 0 Å². The van der Waals surface area contributed by atoms with Gasteiger partial charge in [-0.25, -0.2) is 4.79 Å². The monoisotopic (exact) mass is 362 g/mol. The number of amides is 1. The van der Waals surface area contributed by atoms with Gasteiger partial charge in [-0.1, -0.05) is 48.5 Å². The summed E-state index contributed by atoms with van der Waals surface area (Å²) in [5.74, 6) is 0.0982. The van der Waals surface area contributed by atoms with Crippen molar-refractivity contribution in [2.45, 2.75) is 5.92 Å². The predicted molar refractivity (Wildman–Crippen MR) is 92.4 cm³/mol. The Bertz CT molecular complexity index is 615. The smallest absolute Gasteiger partial charge is 0.407 e. The largest absolute Gasteiger partial charge is 0.449 e. The first-order valence-corrected chi connectivity index (χ1v) is 7.10. The Morgan fingerprint density at radius 3 is 2.14 bits per heavy atom. The van der Waals surface area contributed by atoms with Gasteiger partial charge in [-0.05, 0) is 22.3 Å². The Hall–Kier alpha value is -1.85. The highest BCUT2D eigenvalue weighted by atomic mass is 79.9. The Balaban J connectivity index is 0.00000176. The van der Waals surface area contributed by atoms with E-state index in [0.29, 0.717) is 19.7 Å². The SMILES string of the molecule is Br.NCCNC(=O)OCC1c2ccccc2-c2ccccc21. The van der Waals surface area contributed by atoms with Gasteiger partial charge in [0.15, 0.2) is 0 Å². The molecule has 0 spiro atoms. The van der Waals surface area contributed by atoms with Crippen molar-refractivity contribution in [2.24, 2.45) is 5.73 Å². The van der Waals surface area contributed by atoms with Gasteiger partial charge < -0.3 is 15.8 Å². The van der Waals surface area contributed by atoms with Gasteiger partial charge in [-0.2, -0.15) is 0 Å². The molecule has 2 aromatic rings. The zero-order chi connectivity index (χ0) is 14.7. The van der Waals surface area contributed by atoms with E-state index in [1.807, 2.05) is 24.3 Å². The Morgan fingerprint density at radius 1 is 1.05 bits per heavy atom. The molecule has 22 heavy (non-hydrogen) atoms. The maximum absolute atomic E-state index is 11.6. The molecule has 3 N–H and O–H groups in total. The summed E-state index contributed by atoms with van der Waals surface area (Å²) < 4.78 is 5.34. The third-order valence-corrected chi connectivity index (χ3v) is 3.76. The molecule has 5 heteroatoms. The van der Waals surface area contributed by atoms with E-state index in [1.165, 1.54) is 22.3 Å². The van der Waals surface area contributed by atoms with Crippen LogP contribution in [0, 0.1) is 0 Å². The van der Waals surface area contributed by atoms with E-state index in [2.05, 4.69) is 29.6 Å². The average Bonchev–Trinajstić information content (AvgIpc) is 2.85. The van der Waals surface area contributed by atoms with E-state index in [-0.39, 0.29) is 22.9 Å². The van der Waals surface area contributed by atoms with Gasteiger partial charge in [0.1, 0.15) is 6.61 Å². The van der Waals surface area contributed by atoms with Crippen molar-refractivity contribution in [3.63, 3.8) is 0 Å². The first kappa shape index (κ1) is 16.5. The third-order valence-electron chi connectivity index (χ3n) is 3.76. The molecule has 0 saturated carbocycles. The van der Waals surface area contributed by atoms with Crippen molar-refractivity contribution in [1.82, 2.24) is 5.32 Å². The van der Waals surface area contributed by atoms with E-state index in [9.17, 15) is 4.79 Å². The van der Waals surface area contributed by atoms with E-state index in [4.69, 9.17) is 10.5 Å². The summed E-state index contributed by atoms with van der Waals surface area (Å²) in [5, 5.41) is 2.62. The van der Waals surface area contributed by atoms with Crippen LogP contribution in [-0.2, 0) is 4.74 Å². The minimum Gasteiger partial charge on any atom is -0.449 e. The zero-order valence-corrected chi connectivity index (χ0v) is 13.8. The second kappa shape index (κ2) is 7.42. The van der Waals surface area contributed by atoms with Crippen LogP contribution >= 0.6 is 17.0 Å². The zero-order valence-electron chi connectivity index (χ0n) is 12.1. The molecule has 0 aromatic heterocycles. The van der Waals surface area contributed by atoms with Crippen LogP contribution < -0.4 is 11.1 Å². The van der Waals surface area contributed by atoms with Gasteiger partial charge in [0.05, 0.1) is 0 Å². The number of nitrogens with two attached hydrogens (primary N) is 1. The number of fused-ring (bicyclic) bond motifs is 3. The molecule has 116 valence electrons. The number of rotatable bonds is 4. The summed E-state index contributed by atoms with van der Waals surface area (Å²) in [6, 6.07) is 16.5. The molecule has 3 rings (SSSR count). The van der Waals surface area contributed by atoms with Crippen LogP contribution in [0.25, 0.3) is 11.1 Å². The number of ether oxygens (including phenoxy) is 1. The van der Waals surface area contributed by atoms with Crippen molar-refractivity contribution in [1.29, 1.82) is 0 Å². The minimum atomic E-state index is -0.415. The van der Waals surface area contributed by atoms with Crippen LogP contribution in [0.4, 0.5) is 4.79 Å². The topological polar surface area (TPSA) is 64.3 Å². The fourth-order valence-corrected chi connectivity index (χ4v) is 2.82. The van der Waals surface area contributed by atoms with Crippen LogP contribution in [0.2, 0.25) is 0 Å². The second-order valence-corrected chi connectivity index (χ2v) is 5.04. The molecular formula is C17H19BrN2O2. The highest BCUT2D eigenvalue weighted by Crippen LogP contribution is 2.44. The van der Waals surface area contributed by atoms with E-state index < -0.39 is 6.09 Å². The van der Waals surface area contributed by atoms with Crippen molar-refractivity contribution in [3.05, 3.63) is 59.7 Å². The molecule has 1 aliphatic carbocycles. The van der Waals surface area contributed by atoms with Crippen molar-refractivity contribution < 1.29 is 9.53 Å². The lowest BCUT2D eigenvalue weighted by molar-refractivity contribution is 0.143. The maximum Gasteiger partial charge on any atom is 0.407 e. The molecule has 0 fully saturated rings. The molecule has 0 atom stereocenters. The van der Waals surface area contributed by atoms with Crippen molar-refractivity contribution in [2.75, 3.05) is 19.7 Å². The molecule has 0 aliphatic heterocycles. The second-order valence-electron chi connectivity index (χ2n) is 5.04. The lowest BCUT2D eigenvalue weighted by atomic mass is 9.98. The summed E-state index contributed by atoms with van der Waals surface area (Å²) in [6.45, 7) is 1.17. The molecule has 0 radical (unpaired) electrons. The molecule has 0 heterocycles. The molecule has 0 unspecified atom stereocenters. The number of hydrogen-bond acceptors (Lipinski definition) is 3. The summed E-state index contributed by atoms with van der Waals surface area (Å²) in [5.41, 5.74) is 10.2. The van der Waals surface area contributed by atoms with Gasteiger partial charge >= 0.3 is 6.09 Å². The highest BCUT2D eigenvalue weighted by molar-refractivity contribution is 8.93. The fourth-order valence-electron chi connectivity index (χ4n) is 2.82. The summed E-state index contributed by atoms with van der Waals surface area (Å²) >= 11 is 0. The standard InChI is InChI=1S/C17H18N2O2.BrH/c18-9-10-19-17(20)21-11-16-14-7-3-1-5-12(14)13-6-2-4-8-15(13)16;/h1-8,16H,9-11,18H2,(H,19,20);1H. The van der Waals surface area contributed by atoms with Crippen molar-refractivity contribution >= 4 is 23.1 Å². The number of halogens is 1. The minimum absolute atomic E-state index is 0. The number of hydrogen-bond donors (Lipinski definition) is 2. The molecule has 2 aromatic carbocycles. The number of carbonyl (C=O) groups is 1. The van der Waals surface area contributed by atoms with Gasteiger partial charge in [0, 0.05) is 19.0 Å². The first-order valence-electron chi connectivity index (χ1n) is 7.10. The van der Waals surface area contributed by atoms with Crippen LogP contribution in [0.15, 0.2) is 48.5 Å². The van der Waals surface area contributed by atoms with Crippen LogP contribution in [0.3, 0.4) is 0 Å². The van der Waals surface area contributed by atoms with Gasteiger partial charge in [0.25, 0.3) is 0 Å². The van der Waals surface area contributed by atoms with E-state index in [0.717, 1.165) is 0 Å². The normalized spacial score (nSPS) is 12.0. The van der Waals surface area contributed by atoms with E-state index >= 15 is 0 Å². The predicted octanol–water partition coefficient (Wildman–Crippen LogP) is 3.06. The van der Waals surface area contributed by atoms with Crippen LogP contribution in [-0.4, -0.2) is 25.8 Å². The maximum atomic E-state index is 11.6. The lowest BCUT2D eigenvalue weighted by Crippen LogP contribution is -2.30. The Kier molecular flexibility index (Phi) is 5.57. The van der Waals surface area contributed by atoms with Gasteiger partial charge in [-0.15, -0.1) is 17.0 Å². The van der Waals surface area contributed by atoms with Gasteiger partial charge in [0.2, 0.25) is 0 Å².